The van der Waals surface area contributed by atoms with Crippen LogP contribution in [0.15, 0.2) is 41.8 Å². The third-order valence-electron chi connectivity index (χ3n) is 2.75. The summed E-state index contributed by atoms with van der Waals surface area (Å²) in [5.41, 5.74) is 2.26. The minimum Gasteiger partial charge on any atom is -0.378 e. The van der Waals surface area contributed by atoms with E-state index < -0.39 is 0 Å². The van der Waals surface area contributed by atoms with E-state index >= 15 is 0 Å². The molecule has 0 fully saturated rings. The van der Waals surface area contributed by atoms with Crippen molar-refractivity contribution in [3.05, 3.63) is 48.0 Å². The Kier molecular flexibility index (Phi) is 3.77. The fourth-order valence-electron chi connectivity index (χ4n) is 1.67. The van der Waals surface area contributed by atoms with Crippen molar-refractivity contribution in [2.75, 3.05) is 19.0 Å². The molecule has 1 aromatic heterocycles. The molecule has 2 aromatic rings. The Morgan fingerprint density at radius 1 is 1.28 bits per heavy atom. The highest BCUT2D eigenvalue weighted by atomic mass is 15.4. The first-order valence-corrected chi connectivity index (χ1v) is 6.04. The molecule has 0 N–H and O–H groups in total. The third kappa shape index (κ3) is 2.77. The van der Waals surface area contributed by atoms with Crippen LogP contribution >= 0.6 is 0 Å². The summed E-state index contributed by atoms with van der Waals surface area (Å²) in [5.74, 6) is 0.969. The number of nitrogens with zero attached hydrogens (tertiary/aromatic N) is 4. The van der Waals surface area contributed by atoms with Crippen molar-refractivity contribution >= 4 is 11.9 Å². The van der Waals surface area contributed by atoms with Gasteiger partial charge in [-0.25, -0.2) is 9.66 Å². The standard InChI is InChI=1S/C14H18N4/c1-4-14-15-9-10-18(14)16-11-12-5-7-13(8-6-12)17(2)3/h5-11H,4H2,1-3H3/b16-11+. The summed E-state index contributed by atoms with van der Waals surface area (Å²) in [6, 6.07) is 8.27. The average molecular weight is 242 g/mol. The normalized spacial score (nSPS) is 11.1. The van der Waals surface area contributed by atoms with Crippen LogP contribution in [0.5, 0.6) is 0 Å². The molecule has 1 aromatic carbocycles. The van der Waals surface area contributed by atoms with Crippen molar-refractivity contribution in [3.8, 4) is 0 Å². The Labute approximate surface area is 108 Å². The molecule has 0 spiro atoms. The number of imidazole rings is 1. The summed E-state index contributed by atoms with van der Waals surface area (Å²) < 4.78 is 1.81. The second kappa shape index (κ2) is 5.49. The van der Waals surface area contributed by atoms with Gasteiger partial charge < -0.3 is 4.90 Å². The number of anilines is 1. The number of hydrogen-bond donors (Lipinski definition) is 0. The van der Waals surface area contributed by atoms with Crippen LogP contribution in [0.25, 0.3) is 0 Å². The predicted octanol–water partition coefficient (Wildman–Crippen LogP) is 2.39. The molecule has 0 unspecified atom stereocenters. The third-order valence-corrected chi connectivity index (χ3v) is 2.75. The van der Waals surface area contributed by atoms with Crippen LogP contribution in [0, 0.1) is 0 Å². The monoisotopic (exact) mass is 242 g/mol. The topological polar surface area (TPSA) is 33.4 Å². The second-order valence-corrected chi connectivity index (χ2v) is 4.27. The lowest BCUT2D eigenvalue weighted by atomic mass is 10.2. The molecule has 18 heavy (non-hydrogen) atoms. The number of aromatic nitrogens is 2. The Bertz CT molecular complexity index is 523. The first-order chi connectivity index (χ1) is 8.70. The van der Waals surface area contributed by atoms with E-state index in [0.717, 1.165) is 17.8 Å². The van der Waals surface area contributed by atoms with Gasteiger partial charge in [0.25, 0.3) is 0 Å². The van der Waals surface area contributed by atoms with E-state index in [4.69, 9.17) is 0 Å². The van der Waals surface area contributed by atoms with Gasteiger partial charge in [0.15, 0.2) is 0 Å². The SMILES string of the molecule is CCc1nccn1/N=C/c1ccc(N(C)C)cc1. The van der Waals surface area contributed by atoms with Crippen LogP contribution in [0.4, 0.5) is 5.69 Å². The molecule has 0 aliphatic heterocycles. The van der Waals surface area contributed by atoms with Gasteiger partial charge in [0.05, 0.1) is 6.21 Å². The van der Waals surface area contributed by atoms with Crippen LogP contribution in [0.1, 0.15) is 18.3 Å². The lowest BCUT2D eigenvalue weighted by molar-refractivity contribution is 0.788. The van der Waals surface area contributed by atoms with Crippen molar-refractivity contribution in [3.63, 3.8) is 0 Å². The highest BCUT2D eigenvalue weighted by molar-refractivity contribution is 5.80. The molecule has 4 heteroatoms. The van der Waals surface area contributed by atoms with E-state index in [1.165, 1.54) is 5.69 Å². The predicted molar refractivity (Wildman–Crippen MR) is 75.4 cm³/mol. The average Bonchev–Trinajstić information content (AvgIpc) is 2.84. The first kappa shape index (κ1) is 12.4. The van der Waals surface area contributed by atoms with Crippen molar-refractivity contribution in [1.29, 1.82) is 0 Å². The van der Waals surface area contributed by atoms with Gasteiger partial charge >= 0.3 is 0 Å². The molecule has 4 nitrogen and oxygen atoms in total. The molecule has 0 aliphatic rings. The fraction of sp³-hybridized carbons (Fsp3) is 0.286. The molecule has 2 rings (SSSR count). The Balaban J connectivity index is 2.14. The highest BCUT2D eigenvalue weighted by Gasteiger charge is 1.97. The number of aryl methyl sites for hydroxylation is 1. The van der Waals surface area contributed by atoms with Gasteiger partial charge in [-0.2, -0.15) is 5.10 Å². The van der Waals surface area contributed by atoms with E-state index in [1.807, 2.05) is 26.5 Å². The van der Waals surface area contributed by atoms with Gasteiger partial charge in [-0.15, -0.1) is 0 Å². The molecule has 0 amide bonds. The summed E-state index contributed by atoms with van der Waals surface area (Å²) in [6.45, 7) is 2.07. The highest BCUT2D eigenvalue weighted by Crippen LogP contribution is 2.11. The Morgan fingerprint density at radius 3 is 2.61 bits per heavy atom. The van der Waals surface area contributed by atoms with Crippen molar-refractivity contribution in [2.45, 2.75) is 13.3 Å². The van der Waals surface area contributed by atoms with Crippen LogP contribution in [0.2, 0.25) is 0 Å². The molecular weight excluding hydrogens is 224 g/mol. The van der Waals surface area contributed by atoms with Gasteiger partial charge in [0.2, 0.25) is 0 Å². The Hall–Kier alpha value is -2.10. The molecule has 0 bridgehead atoms. The first-order valence-electron chi connectivity index (χ1n) is 6.04. The summed E-state index contributed by atoms with van der Waals surface area (Å²) >= 11 is 0. The molecule has 0 aliphatic carbocycles. The quantitative estimate of drug-likeness (QED) is 0.771. The maximum atomic E-state index is 4.40. The maximum absolute atomic E-state index is 4.40. The molecule has 0 atom stereocenters. The van der Waals surface area contributed by atoms with Crippen molar-refractivity contribution in [1.82, 2.24) is 9.66 Å². The minimum absolute atomic E-state index is 0.879. The molecule has 0 saturated carbocycles. The molecule has 1 heterocycles. The zero-order valence-corrected chi connectivity index (χ0v) is 11.0. The zero-order chi connectivity index (χ0) is 13.0. The van der Waals surface area contributed by atoms with E-state index in [1.54, 1.807) is 10.9 Å². The largest absolute Gasteiger partial charge is 0.378 e. The van der Waals surface area contributed by atoms with E-state index in [0.29, 0.717) is 0 Å². The second-order valence-electron chi connectivity index (χ2n) is 4.27. The van der Waals surface area contributed by atoms with Crippen LogP contribution in [-0.4, -0.2) is 30.0 Å². The van der Waals surface area contributed by atoms with Gasteiger partial charge in [-0.3, -0.25) is 0 Å². The number of rotatable bonds is 4. The molecule has 94 valence electrons. The lowest BCUT2D eigenvalue weighted by Gasteiger charge is -2.11. The van der Waals surface area contributed by atoms with Crippen molar-refractivity contribution < 1.29 is 0 Å². The maximum Gasteiger partial charge on any atom is 0.129 e. The number of hydrogen-bond acceptors (Lipinski definition) is 3. The van der Waals surface area contributed by atoms with E-state index in [2.05, 4.69) is 46.2 Å². The molecule has 0 saturated heterocycles. The van der Waals surface area contributed by atoms with E-state index in [9.17, 15) is 0 Å². The van der Waals surface area contributed by atoms with Crippen LogP contribution in [-0.2, 0) is 6.42 Å². The zero-order valence-electron chi connectivity index (χ0n) is 11.0. The Morgan fingerprint density at radius 2 is 2.00 bits per heavy atom. The summed E-state index contributed by atoms with van der Waals surface area (Å²) in [6.07, 6.45) is 6.36. The minimum atomic E-state index is 0.879. The number of benzene rings is 1. The van der Waals surface area contributed by atoms with E-state index in [-0.39, 0.29) is 0 Å². The van der Waals surface area contributed by atoms with Crippen LogP contribution in [0.3, 0.4) is 0 Å². The summed E-state index contributed by atoms with van der Waals surface area (Å²) in [4.78, 5) is 6.30. The van der Waals surface area contributed by atoms with Gasteiger partial charge in [-0.1, -0.05) is 19.1 Å². The van der Waals surface area contributed by atoms with Gasteiger partial charge in [-0.05, 0) is 17.7 Å². The van der Waals surface area contributed by atoms with Crippen molar-refractivity contribution in [2.24, 2.45) is 5.10 Å². The molecule has 0 radical (unpaired) electrons. The molecular formula is C14H18N4. The van der Waals surface area contributed by atoms with Gasteiger partial charge in [0.1, 0.15) is 5.82 Å². The summed E-state index contributed by atoms with van der Waals surface area (Å²) in [5, 5.41) is 4.40. The van der Waals surface area contributed by atoms with Gasteiger partial charge in [0, 0.05) is 38.6 Å². The fourth-order valence-corrected chi connectivity index (χ4v) is 1.67. The smallest absolute Gasteiger partial charge is 0.129 e. The lowest BCUT2D eigenvalue weighted by Crippen LogP contribution is -2.08. The van der Waals surface area contributed by atoms with Crippen LogP contribution < -0.4 is 4.90 Å². The summed E-state index contributed by atoms with van der Waals surface area (Å²) in [7, 11) is 4.06.